The normalized spacial score (nSPS) is 11.7. The monoisotopic (exact) mass is 419 g/mol. The van der Waals surface area contributed by atoms with Gasteiger partial charge in [0.05, 0.1) is 4.90 Å². The molecule has 0 saturated carbocycles. The van der Waals surface area contributed by atoms with Crippen molar-refractivity contribution in [1.82, 2.24) is 9.88 Å². The first-order valence-corrected chi connectivity index (χ1v) is 10.8. The van der Waals surface area contributed by atoms with Crippen LogP contribution in [0.5, 0.6) is 0 Å². The molecule has 6 nitrogen and oxygen atoms in total. The molecule has 0 saturated heterocycles. The molecule has 0 aliphatic carbocycles. The highest BCUT2D eigenvalue weighted by molar-refractivity contribution is 7.89. The Morgan fingerprint density at radius 1 is 1.18 bits per heavy atom. The number of primary sulfonamides is 1. The summed E-state index contributed by atoms with van der Waals surface area (Å²) < 4.78 is 24.6. The summed E-state index contributed by atoms with van der Waals surface area (Å²) in [5.41, 5.74) is 3.42. The Balaban J connectivity index is 1.74. The van der Waals surface area contributed by atoms with Gasteiger partial charge in [0.1, 0.15) is 5.69 Å². The highest BCUT2D eigenvalue weighted by atomic mass is 35.5. The molecule has 148 valence electrons. The van der Waals surface area contributed by atoms with E-state index in [1.807, 2.05) is 36.6 Å². The average molecular weight is 420 g/mol. The van der Waals surface area contributed by atoms with Crippen LogP contribution in [0.4, 0.5) is 0 Å². The highest BCUT2D eigenvalue weighted by Crippen LogP contribution is 2.28. The van der Waals surface area contributed by atoms with E-state index in [1.165, 1.54) is 12.1 Å². The summed E-state index contributed by atoms with van der Waals surface area (Å²) >= 11 is 6.11. The fraction of sp³-hybridized carbons (Fsp3) is 0.250. The second kappa shape index (κ2) is 7.95. The molecule has 0 aliphatic rings. The van der Waals surface area contributed by atoms with Crippen LogP contribution in [0.25, 0.3) is 10.9 Å². The van der Waals surface area contributed by atoms with Crippen molar-refractivity contribution in [3.8, 4) is 0 Å². The molecule has 3 aromatic rings. The Kier molecular flexibility index (Phi) is 5.79. The Hall–Kier alpha value is -2.35. The zero-order valence-electron chi connectivity index (χ0n) is 15.7. The standard InChI is InChI=1S/C20H22ClN3O3S/c1-3-24-18-9-6-15(21)12-17(18)13(2)19(24)20(25)23-11-10-14-4-7-16(8-5-14)28(22,26)27/h4-9,12H,3,10-11H2,1-2H3,(H,23,25)(H2,22,26,27). The zero-order valence-corrected chi connectivity index (χ0v) is 17.3. The van der Waals surface area contributed by atoms with Crippen LogP contribution in [0.15, 0.2) is 47.4 Å². The fourth-order valence-electron chi connectivity index (χ4n) is 3.37. The van der Waals surface area contributed by atoms with E-state index in [2.05, 4.69) is 5.32 Å². The van der Waals surface area contributed by atoms with Crippen LogP contribution >= 0.6 is 11.6 Å². The molecular formula is C20H22ClN3O3S. The van der Waals surface area contributed by atoms with Gasteiger partial charge in [-0.2, -0.15) is 0 Å². The number of benzene rings is 2. The number of nitrogens with two attached hydrogens (primary N) is 1. The topological polar surface area (TPSA) is 94.2 Å². The van der Waals surface area contributed by atoms with Crippen molar-refractivity contribution in [2.75, 3.05) is 6.54 Å². The molecule has 1 heterocycles. The molecule has 28 heavy (non-hydrogen) atoms. The van der Waals surface area contributed by atoms with Crippen LogP contribution in [0.1, 0.15) is 28.5 Å². The summed E-state index contributed by atoms with van der Waals surface area (Å²) in [6, 6.07) is 12.0. The van der Waals surface area contributed by atoms with Gasteiger partial charge in [0.15, 0.2) is 0 Å². The van der Waals surface area contributed by atoms with E-state index in [4.69, 9.17) is 16.7 Å². The molecule has 0 unspecified atom stereocenters. The van der Waals surface area contributed by atoms with Gasteiger partial charge < -0.3 is 9.88 Å². The molecule has 0 aliphatic heterocycles. The zero-order chi connectivity index (χ0) is 20.5. The molecule has 0 atom stereocenters. The van der Waals surface area contributed by atoms with E-state index in [-0.39, 0.29) is 10.8 Å². The molecule has 0 spiro atoms. The van der Waals surface area contributed by atoms with E-state index in [0.717, 1.165) is 22.0 Å². The van der Waals surface area contributed by atoms with E-state index in [1.54, 1.807) is 12.1 Å². The summed E-state index contributed by atoms with van der Waals surface area (Å²) in [5.74, 6) is -0.146. The van der Waals surface area contributed by atoms with Gasteiger partial charge >= 0.3 is 0 Å². The number of carbonyl (C=O) groups is 1. The molecule has 8 heteroatoms. The van der Waals surface area contributed by atoms with Crippen molar-refractivity contribution < 1.29 is 13.2 Å². The molecule has 3 N–H and O–H groups in total. The Morgan fingerprint density at radius 3 is 2.46 bits per heavy atom. The maximum atomic E-state index is 12.8. The third-order valence-corrected chi connectivity index (χ3v) is 5.93. The first-order valence-electron chi connectivity index (χ1n) is 8.90. The van der Waals surface area contributed by atoms with Gasteiger partial charge in [0.2, 0.25) is 10.0 Å². The minimum atomic E-state index is -3.70. The number of nitrogens with zero attached hydrogens (tertiary/aromatic N) is 1. The van der Waals surface area contributed by atoms with Gasteiger partial charge in [-0.3, -0.25) is 4.79 Å². The Morgan fingerprint density at radius 2 is 1.86 bits per heavy atom. The van der Waals surface area contributed by atoms with Crippen LogP contribution in [-0.4, -0.2) is 25.4 Å². The number of fused-ring (bicyclic) bond motifs is 1. The quantitative estimate of drug-likeness (QED) is 0.642. The average Bonchev–Trinajstić information content (AvgIpc) is 2.93. The van der Waals surface area contributed by atoms with E-state index >= 15 is 0 Å². The maximum absolute atomic E-state index is 12.8. The van der Waals surface area contributed by atoms with Crippen LogP contribution < -0.4 is 10.5 Å². The van der Waals surface area contributed by atoms with Crippen LogP contribution in [0, 0.1) is 6.92 Å². The lowest BCUT2D eigenvalue weighted by Gasteiger charge is -2.10. The van der Waals surface area contributed by atoms with Gasteiger partial charge in [0, 0.05) is 29.0 Å². The van der Waals surface area contributed by atoms with Crippen molar-refractivity contribution in [3.63, 3.8) is 0 Å². The van der Waals surface area contributed by atoms with Gasteiger partial charge in [-0.15, -0.1) is 0 Å². The van der Waals surface area contributed by atoms with Crippen molar-refractivity contribution in [1.29, 1.82) is 0 Å². The maximum Gasteiger partial charge on any atom is 0.268 e. The second-order valence-electron chi connectivity index (χ2n) is 6.57. The third kappa shape index (κ3) is 4.06. The summed E-state index contributed by atoms with van der Waals surface area (Å²) in [5, 5.41) is 9.65. The molecule has 0 fully saturated rings. The number of halogens is 1. The van der Waals surface area contributed by atoms with Crippen molar-refractivity contribution in [2.45, 2.75) is 31.7 Å². The fourth-order valence-corrected chi connectivity index (χ4v) is 4.05. The number of aryl methyl sites for hydroxylation is 2. The molecule has 0 bridgehead atoms. The lowest BCUT2D eigenvalue weighted by atomic mass is 10.1. The number of amides is 1. The van der Waals surface area contributed by atoms with Crippen molar-refractivity contribution in [2.24, 2.45) is 5.14 Å². The van der Waals surface area contributed by atoms with Crippen LogP contribution in [-0.2, 0) is 23.0 Å². The van der Waals surface area contributed by atoms with Gasteiger partial charge in [-0.25, -0.2) is 13.6 Å². The summed E-state index contributed by atoms with van der Waals surface area (Å²) in [4.78, 5) is 12.9. The summed E-state index contributed by atoms with van der Waals surface area (Å²) in [6.07, 6.45) is 0.577. The number of aromatic nitrogens is 1. The molecule has 1 amide bonds. The minimum Gasteiger partial charge on any atom is -0.350 e. The second-order valence-corrected chi connectivity index (χ2v) is 8.57. The Labute approximate surface area is 169 Å². The first kappa shape index (κ1) is 20.4. The van der Waals surface area contributed by atoms with Crippen LogP contribution in [0.3, 0.4) is 0 Å². The molecular weight excluding hydrogens is 398 g/mol. The van der Waals surface area contributed by atoms with Crippen molar-refractivity contribution in [3.05, 3.63) is 64.3 Å². The van der Waals surface area contributed by atoms with E-state index in [0.29, 0.717) is 30.2 Å². The summed E-state index contributed by atoms with van der Waals surface area (Å²) in [7, 11) is -3.70. The predicted octanol–water partition coefficient (Wildman–Crippen LogP) is 3.24. The summed E-state index contributed by atoms with van der Waals surface area (Å²) in [6.45, 7) is 5.02. The van der Waals surface area contributed by atoms with Gasteiger partial charge in [-0.05, 0) is 61.7 Å². The number of nitrogens with one attached hydrogen (secondary N) is 1. The third-order valence-electron chi connectivity index (χ3n) is 4.76. The number of hydrogen-bond donors (Lipinski definition) is 2. The van der Waals surface area contributed by atoms with E-state index in [9.17, 15) is 13.2 Å². The minimum absolute atomic E-state index is 0.0713. The molecule has 2 aromatic carbocycles. The van der Waals surface area contributed by atoms with Gasteiger partial charge in [-0.1, -0.05) is 23.7 Å². The SMILES string of the molecule is CCn1c(C(=O)NCCc2ccc(S(N)(=O)=O)cc2)c(C)c2cc(Cl)ccc21. The van der Waals surface area contributed by atoms with Gasteiger partial charge in [0.25, 0.3) is 5.91 Å². The first-order chi connectivity index (χ1) is 13.2. The van der Waals surface area contributed by atoms with E-state index < -0.39 is 10.0 Å². The smallest absolute Gasteiger partial charge is 0.268 e. The predicted molar refractivity (Wildman–Crippen MR) is 111 cm³/mol. The molecule has 0 radical (unpaired) electrons. The number of hydrogen-bond acceptors (Lipinski definition) is 3. The number of rotatable bonds is 6. The molecule has 1 aromatic heterocycles. The highest BCUT2D eigenvalue weighted by Gasteiger charge is 2.19. The van der Waals surface area contributed by atoms with Crippen molar-refractivity contribution >= 4 is 38.4 Å². The largest absolute Gasteiger partial charge is 0.350 e. The molecule has 3 rings (SSSR count). The number of carbonyl (C=O) groups excluding carboxylic acids is 1. The lowest BCUT2D eigenvalue weighted by Crippen LogP contribution is -2.28. The lowest BCUT2D eigenvalue weighted by molar-refractivity contribution is 0.0945. The number of sulfonamides is 1. The van der Waals surface area contributed by atoms with Crippen LogP contribution in [0.2, 0.25) is 5.02 Å². The Bertz CT molecular complexity index is 1140.